The van der Waals surface area contributed by atoms with Gasteiger partial charge in [-0.15, -0.1) is 11.8 Å². The summed E-state index contributed by atoms with van der Waals surface area (Å²) in [4.78, 5) is 1.40. The topological polar surface area (TPSA) is 12.0 Å². The Hall–Kier alpha value is -0.470. The van der Waals surface area contributed by atoms with Crippen LogP contribution < -0.4 is 5.32 Å². The quantitative estimate of drug-likeness (QED) is 0.738. The molecule has 0 heterocycles. The van der Waals surface area contributed by atoms with E-state index in [2.05, 4.69) is 43.4 Å². The summed E-state index contributed by atoms with van der Waals surface area (Å²) in [7, 11) is 0. The predicted molar refractivity (Wildman–Crippen MR) is 81.3 cm³/mol. The summed E-state index contributed by atoms with van der Waals surface area (Å²) >= 11 is 1.99. The zero-order valence-electron chi connectivity index (χ0n) is 11.6. The third kappa shape index (κ3) is 4.33. The van der Waals surface area contributed by atoms with Crippen LogP contribution in [0.4, 0.5) is 0 Å². The van der Waals surface area contributed by atoms with Crippen molar-refractivity contribution < 1.29 is 0 Å². The highest BCUT2D eigenvalue weighted by atomic mass is 32.2. The van der Waals surface area contributed by atoms with Gasteiger partial charge >= 0.3 is 0 Å². The smallest absolute Gasteiger partial charge is 0.0164 e. The molecule has 1 saturated carbocycles. The number of hydrogen-bond donors (Lipinski definition) is 1. The fraction of sp³-hybridized carbons (Fsp3) is 0.625. The first kappa shape index (κ1) is 14.0. The van der Waals surface area contributed by atoms with Crippen LogP contribution in [0, 0.1) is 12.8 Å². The Bertz CT molecular complexity index is 343. The van der Waals surface area contributed by atoms with Crippen LogP contribution in [-0.2, 0) is 0 Å². The van der Waals surface area contributed by atoms with Gasteiger partial charge in [0.05, 0.1) is 0 Å². The average molecular weight is 263 g/mol. The Labute approximate surface area is 116 Å². The molecule has 1 nitrogen and oxygen atoms in total. The first-order valence-corrected chi connectivity index (χ1v) is 8.19. The van der Waals surface area contributed by atoms with Crippen molar-refractivity contribution in [2.45, 2.75) is 50.5 Å². The minimum atomic E-state index is 0.687. The molecular weight excluding hydrogens is 238 g/mol. The number of nitrogens with one attached hydrogen (secondary N) is 1. The highest BCUT2D eigenvalue weighted by Gasteiger charge is 2.21. The number of thioether (sulfide) groups is 1. The molecule has 0 saturated heterocycles. The molecule has 0 bridgehead atoms. The average Bonchev–Trinajstić information content (AvgIpc) is 2.32. The lowest BCUT2D eigenvalue weighted by atomic mass is 9.81. The second kappa shape index (κ2) is 7.20. The molecule has 2 heteroatoms. The van der Waals surface area contributed by atoms with Gasteiger partial charge in [0.25, 0.3) is 0 Å². The molecule has 1 atom stereocenters. The van der Waals surface area contributed by atoms with Crippen molar-refractivity contribution in [3.05, 3.63) is 29.8 Å². The highest BCUT2D eigenvalue weighted by molar-refractivity contribution is 7.99. The van der Waals surface area contributed by atoms with E-state index in [1.807, 2.05) is 11.8 Å². The standard InChI is InChI=1S/C16H25NS/c1-3-17-15(11-14-5-4-6-14)12-18-16-9-7-13(2)8-10-16/h7-10,14-15,17H,3-6,11-12H2,1-2H3. The molecule has 1 aliphatic carbocycles. The van der Waals surface area contributed by atoms with Gasteiger partial charge in [0.15, 0.2) is 0 Å². The first-order valence-electron chi connectivity index (χ1n) is 7.20. The van der Waals surface area contributed by atoms with Crippen LogP contribution in [-0.4, -0.2) is 18.3 Å². The molecule has 0 spiro atoms. The second-order valence-electron chi connectivity index (χ2n) is 5.41. The summed E-state index contributed by atoms with van der Waals surface area (Å²) in [5.74, 6) is 2.19. The fourth-order valence-electron chi connectivity index (χ4n) is 2.46. The molecule has 1 aromatic carbocycles. The van der Waals surface area contributed by atoms with Gasteiger partial charge in [-0.2, -0.15) is 0 Å². The van der Waals surface area contributed by atoms with Crippen molar-refractivity contribution >= 4 is 11.8 Å². The fourth-order valence-corrected chi connectivity index (χ4v) is 3.44. The van der Waals surface area contributed by atoms with Crippen LogP contribution in [0.3, 0.4) is 0 Å². The summed E-state index contributed by atoms with van der Waals surface area (Å²) in [6, 6.07) is 9.58. The van der Waals surface area contributed by atoms with E-state index in [1.54, 1.807) is 0 Å². The van der Waals surface area contributed by atoms with Crippen molar-refractivity contribution in [3.8, 4) is 0 Å². The van der Waals surface area contributed by atoms with Gasteiger partial charge in [-0.3, -0.25) is 0 Å². The molecule has 0 radical (unpaired) electrons. The van der Waals surface area contributed by atoms with E-state index >= 15 is 0 Å². The zero-order chi connectivity index (χ0) is 12.8. The SMILES string of the molecule is CCNC(CSc1ccc(C)cc1)CC1CCC1. The van der Waals surface area contributed by atoms with E-state index in [4.69, 9.17) is 0 Å². The molecule has 1 unspecified atom stereocenters. The molecule has 1 N–H and O–H groups in total. The molecule has 0 amide bonds. The van der Waals surface area contributed by atoms with Crippen LogP contribution in [0.25, 0.3) is 0 Å². The Morgan fingerprint density at radius 2 is 2.00 bits per heavy atom. The summed E-state index contributed by atoms with van der Waals surface area (Å²) in [6.45, 7) is 5.45. The normalized spacial score (nSPS) is 17.4. The van der Waals surface area contributed by atoms with Gasteiger partial charge in [0, 0.05) is 16.7 Å². The van der Waals surface area contributed by atoms with Crippen LogP contribution in [0.5, 0.6) is 0 Å². The minimum Gasteiger partial charge on any atom is -0.313 e. The Morgan fingerprint density at radius 3 is 2.56 bits per heavy atom. The lowest BCUT2D eigenvalue weighted by Gasteiger charge is -2.30. The van der Waals surface area contributed by atoms with E-state index in [0.29, 0.717) is 6.04 Å². The molecular formula is C16H25NS. The summed E-state index contributed by atoms with van der Waals surface area (Å²) in [5, 5.41) is 3.64. The third-order valence-electron chi connectivity index (χ3n) is 3.81. The van der Waals surface area contributed by atoms with E-state index in [-0.39, 0.29) is 0 Å². The zero-order valence-corrected chi connectivity index (χ0v) is 12.4. The van der Waals surface area contributed by atoms with Gasteiger partial charge in [-0.1, -0.05) is 43.9 Å². The largest absolute Gasteiger partial charge is 0.313 e. The molecule has 2 rings (SSSR count). The molecule has 0 aromatic heterocycles. The summed E-state index contributed by atoms with van der Waals surface area (Å²) in [5.41, 5.74) is 1.34. The maximum Gasteiger partial charge on any atom is 0.0164 e. The van der Waals surface area contributed by atoms with Gasteiger partial charge in [0.1, 0.15) is 0 Å². The lowest BCUT2D eigenvalue weighted by Crippen LogP contribution is -2.34. The van der Waals surface area contributed by atoms with Crippen LogP contribution in [0.1, 0.15) is 38.2 Å². The van der Waals surface area contributed by atoms with Crippen molar-refractivity contribution in [2.24, 2.45) is 5.92 Å². The van der Waals surface area contributed by atoms with Gasteiger partial charge in [-0.05, 0) is 37.9 Å². The maximum absolute atomic E-state index is 3.64. The molecule has 18 heavy (non-hydrogen) atoms. The summed E-state index contributed by atoms with van der Waals surface area (Å²) < 4.78 is 0. The molecule has 1 aliphatic rings. The predicted octanol–water partition coefficient (Wildman–Crippen LogP) is 4.26. The third-order valence-corrected chi connectivity index (χ3v) is 4.98. The minimum absolute atomic E-state index is 0.687. The number of benzene rings is 1. The van der Waals surface area contributed by atoms with Crippen LogP contribution >= 0.6 is 11.8 Å². The molecule has 1 fully saturated rings. The molecule has 100 valence electrons. The van der Waals surface area contributed by atoms with Crippen molar-refractivity contribution in [2.75, 3.05) is 12.3 Å². The monoisotopic (exact) mass is 263 g/mol. The summed E-state index contributed by atoms with van der Waals surface area (Å²) in [6.07, 6.45) is 5.73. The molecule has 0 aliphatic heterocycles. The number of hydrogen-bond acceptors (Lipinski definition) is 2. The molecule has 1 aromatic rings. The second-order valence-corrected chi connectivity index (χ2v) is 6.50. The van der Waals surface area contributed by atoms with E-state index in [1.165, 1.54) is 41.9 Å². The van der Waals surface area contributed by atoms with Gasteiger partial charge in [0.2, 0.25) is 0 Å². The van der Waals surface area contributed by atoms with E-state index < -0.39 is 0 Å². The number of aryl methyl sites for hydroxylation is 1. The van der Waals surface area contributed by atoms with Gasteiger partial charge in [-0.25, -0.2) is 0 Å². The van der Waals surface area contributed by atoms with Crippen LogP contribution in [0.2, 0.25) is 0 Å². The Morgan fingerprint density at radius 1 is 1.28 bits per heavy atom. The van der Waals surface area contributed by atoms with Crippen LogP contribution in [0.15, 0.2) is 29.2 Å². The number of rotatable bonds is 7. The maximum atomic E-state index is 3.64. The van der Waals surface area contributed by atoms with E-state index in [0.717, 1.165) is 12.5 Å². The van der Waals surface area contributed by atoms with E-state index in [9.17, 15) is 0 Å². The highest BCUT2D eigenvalue weighted by Crippen LogP contribution is 2.31. The Kier molecular flexibility index (Phi) is 5.58. The van der Waals surface area contributed by atoms with Crippen molar-refractivity contribution in [1.29, 1.82) is 0 Å². The van der Waals surface area contributed by atoms with Crippen molar-refractivity contribution in [1.82, 2.24) is 5.32 Å². The lowest BCUT2D eigenvalue weighted by molar-refractivity contribution is 0.269. The first-order chi connectivity index (χ1) is 8.78. The van der Waals surface area contributed by atoms with Gasteiger partial charge < -0.3 is 5.32 Å². The Balaban J connectivity index is 1.78. The van der Waals surface area contributed by atoms with Crippen molar-refractivity contribution in [3.63, 3.8) is 0 Å².